The Morgan fingerprint density at radius 3 is 2.30 bits per heavy atom. The van der Waals surface area contributed by atoms with Crippen molar-refractivity contribution in [1.29, 1.82) is 0 Å². The van der Waals surface area contributed by atoms with Crippen LogP contribution in [0.1, 0.15) is 40.5 Å². The van der Waals surface area contributed by atoms with Crippen molar-refractivity contribution in [3.63, 3.8) is 0 Å². The Labute approximate surface area is 197 Å². The summed E-state index contributed by atoms with van der Waals surface area (Å²) in [5.74, 6) is -0.394. The number of carboxylic acid groups (broad SMARTS) is 1. The molecule has 1 aliphatic heterocycles. The molecule has 182 valence electrons. The number of hydrogen-bond acceptors (Lipinski definition) is 5. The standard InChI is InChI=1S/C27H38O6/c1-20(2)16-18-31-26(4,5)25-24(30-6)22(15-17-27(25)19-32-27)33-21(3)13-11-9-7-8-10-12-14-23(28)29/h7-14,16,22,24-25H,3,15,17-19H2,1-2,4-6H3,(H,28,29)/b9-7+,10-8+,13-11+,14-12+/t22-,24-,25?,27+/m1/s1. The lowest BCUT2D eigenvalue weighted by atomic mass is 9.68. The fourth-order valence-corrected chi connectivity index (χ4v) is 4.38. The maximum absolute atomic E-state index is 10.4. The number of allylic oxidation sites excluding steroid dienone is 8. The summed E-state index contributed by atoms with van der Waals surface area (Å²) in [4.78, 5) is 10.4. The van der Waals surface area contributed by atoms with Gasteiger partial charge < -0.3 is 24.1 Å². The van der Waals surface area contributed by atoms with E-state index >= 15 is 0 Å². The molecular formula is C27H38O6. The Morgan fingerprint density at radius 2 is 1.76 bits per heavy atom. The second kappa shape index (κ2) is 12.2. The van der Waals surface area contributed by atoms with E-state index in [9.17, 15) is 4.79 Å². The molecule has 2 fully saturated rings. The third kappa shape index (κ3) is 8.14. The molecule has 2 aliphatic rings. The number of methoxy groups -OCH3 is 1. The van der Waals surface area contributed by atoms with Gasteiger partial charge in [0.05, 0.1) is 24.4 Å². The van der Waals surface area contributed by atoms with Crippen molar-refractivity contribution in [1.82, 2.24) is 0 Å². The van der Waals surface area contributed by atoms with Gasteiger partial charge in [-0.05, 0) is 46.6 Å². The van der Waals surface area contributed by atoms with Gasteiger partial charge in [-0.3, -0.25) is 0 Å². The molecule has 33 heavy (non-hydrogen) atoms. The predicted molar refractivity (Wildman–Crippen MR) is 130 cm³/mol. The SMILES string of the molecule is C=C(/C=C/C=C/C=C/C=C/C(=O)O)O[C@@H]1CC[C@]2(CO2)C(C(C)(C)OCC=C(C)C)[C@@H]1OC. The third-order valence-corrected chi connectivity index (χ3v) is 5.98. The molecule has 2 rings (SSSR count). The highest BCUT2D eigenvalue weighted by Gasteiger charge is 2.64. The summed E-state index contributed by atoms with van der Waals surface area (Å²) in [6, 6.07) is 0. The average Bonchev–Trinajstić information content (AvgIpc) is 3.49. The lowest BCUT2D eigenvalue weighted by Gasteiger charge is -2.47. The first-order valence-corrected chi connectivity index (χ1v) is 11.3. The fraction of sp³-hybridized carbons (Fsp3) is 0.519. The molecule has 1 aliphatic carbocycles. The maximum atomic E-state index is 10.4. The largest absolute Gasteiger partial charge is 0.488 e. The molecule has 1 N–H and O–H groups in total. The van der Waals surface area contributed by atoms with E-state index < -0.39 is 11.6 Å². The van der Waals surface area contributed by atoms with Crippen molar-refractivity contribution >= 4 is 5.97 Å². The van der Waals surface area contributed by atoms with E-state index in [0.717, 1.165) is 25.5 Å². The predicted octanol–water partition coefficient (Wildman–Crippen LogP) is 5.15. The number of rotatable bonds is 12. The number of hydrogen-bond donors (Lipinski definition) is 1. The van der Waals surface area contributed by atoms with Crippen LogP contribution in [0.15, 0.2) is 72.6 Å². The van der Waals surface area contributed by atoms with Crippen molar-refractivity contribution in [2.75, 3.05) is 20.3 Å². The van der Waals surface area contributed by atoms with Crippen LogP contribution in [0, 0.1) is 5.92 Å². The van der Waals surface area contributed by atoms with Crippen molar-refractivity contribution in [3.8, 4) is 0 Å². The quantitative estimate of drug-likeness (QED) is 0.143. The summed E-state index contributed by atoms with van der Waals surface area (Å²) in [7, 11) is 1.72. The number of aliphatic carboxylic acids is 1. The Balaban J connectivity index is 2.00. The monoisotopic (exact) mass is 458 g/mol. The van der Waals surface area contributed by atoms with Gasteiger partial charge in [0.15, 0.2) is 0 Å². The molecule has 0 aromatic heterocycles. The molecule has 1 heterocycles. The smallest absolute Gasteiger partial charge is 0.328 e. The second-order valence-electron chi connectivity index (χ2n) is 9.21. The van der Waals surface area contributed by atoms with E-state index in [2.05, 4.69) is 40.3 Å². The molecule has 0 aromatic carbocycles. The highest BCUT2D eigenvalue weighted by Crippen LogP contribution is 2.53. The van der Waals surface area contributed by atoms with Gasteiger partial charge in [0, 0.05) is 19.1 Å². The number of carboxylic acids is 1. The third-order valence-electron chi connectivity index (χ3n) is 5.98. The summed E-state index contributed by atoms with van der Waals surface area (Å²) in [5, 5.41) is 8.54. The van der Waals surface area contributed by atoms with Gasteiger partial charge in [-0.2, -0.15) is 0 Å². The maximum Gasteiger partial charge on any atom is 0.328 e. The second-order valence-corrected chi connectivity index (χ2v) is 9.21. The summed E-state index contributed by atoms with van der Waals surface area (Å²) in [6.07, 6.45) is 16.6. The topological polar surface area (TPSA) is 77.5 Å². The minimum atomic E-state index is -0.974. The molecule has 6 heteroatoms. The Morgan fingerprint density at radius 1 is 1.15 bits per heavy atom. The van der Waals surface area contributed by atoms with Crippen LogP contribution in [-0.4, -0.2) is 54.8 Å². The van der Waals surface area contributed by atoms with Gasteiger partial charge in [0.25, 0.3) is 0 Å². The van der Waals surface area contributed by atoms with Crippen LogP contribution in [0.3, 0.4) is 0 Å². The van der Waals surface area contributed by atoms with Gasteiger partial charge >= 0.3 is 5.97 Å². The van der Waals surface area contributed by atoms with Crippen LogP contribution in [-0.2, 0) is 23.7 Å². The van der Waals surface area contributed by atoms with E-state index in [-0.39, 0.29) is 23.7 Å². The van der Waals surface area contributed by atoms with Crippen LogP contribution in [0.2, 0.25) is 0 Å². The van der Waals surface area contributed by atoms with Crippen molar-refractivity contribution in [2.45, 2.75) is 63.9 Å². The fourth-order valence-electron chi connectivity index (χ4n) is 4.38. The van der Waals surface area contributed by atoms with E-state index in [1.165, 1.54) is 11.6 Å². The zero-order valence-corrected chi connectivity index (χ0v) is 20.5. The van der Waals surface area contributed by atoms with Crippen LogP contribution >= 0.6 is 0 Å². The van der Waals surface area contributed by atoms with E-state index in [4.69, 9.17) is 24.1 Å². The normalized spacial score (nSPS) is 27.7. The zero-order valence-electron chi connectivity index (χ0n) is 20.5. The summed E-state index contributed by atoms with van der Waals surface area (Å²) >= 11 is 0. The van der Waals surface area contributed by atoms with Gasteiger partial charge in [-0.1, -0.05) is 54.7 Å². The molecule has 6 nitrogen and oxygen atoms in total. The average molecular weight is 459 g/mol. The summed E-state index contributed by atoms with van der Waals surface area (Å²) < 4.78 is 24.4. The minimum absolute atomic E-state index is 0.0278. The van der Waals surface area contributed by atoms with Crippen LogP contribution in [0.5, 0.6) is 0 Å². The number of epoxide rings is 1. The molecular weight excluding hydrogens is 420 g/mol. The van der Waals surface area contributed by atoms with Crippen LogP contribution < -0.4 is 0 Å². The number of carbonyl (C=O) groups is 1. The highest BCUT2D eigenvalue weighted by molar-refractivity contribution is 5.80. The molecule has 1 saturated carbocycles. The summed E-state index contributed by atoms with van der Waals surface area (Å²) in [5.41, 5.74) is 0.559. The number of ether oxygens (including phenoxy) is 4. The van der Waals surface area contributed by atoms with Crippen molar-refractivity contribution in [2.24, 2.45) is 5.92 Å². The highest BCUT2D eigenvalue weighted by atomic mass is 16.6. The lowest BCUT2D eigenvalue weighted by molar-refractivity contribution is -0.175. The first-order valence-electron chi connectivity index (χ1n) is 11.3. The molecule has 1 saturated heterocycles. The molecule has 0 bridgehead atoms. The Hall–Kier alpha value is -2.41. The first kappa shape index (κ1) is 26.8. The molecule has 0 amide bonds. The van der Waals surface area contributed by atoms with Gasteiger partial charge in [-0.15, -0.1) is 0 Å². The molecule has 4 atom stereocenters. The molecule has 0 radical (unpaired) electrons. The van der Waals surface area contributed by atoms with Gasteiger partial charge in [-0.25, -0.2) is 4.79 Å². The molecule has 1 spiro atoms. The van der Waals surface area contributed by atoms with Crippen LogP contribution in [0.4, 0.5) is 0 Å². The van der Waals surface area contributed by atoms with E-state index in [0.29, 0.717) is 12.4 Å². The van der Waals surface area contributed by atoms with E-state index in [1.807, 2.05) is 12.2 Å². The van der Waals surface area contributed by atoms with Crippen molar-refractivity contribution < 1.29 is 28.8 Å². The Bertz CT molecular complexity index is 822. The minimum Gasteiger partial charge on any atom is -0.488 e. The first-order chi connectivity index (χ1) is 15.6. The van der Waals surface area contributed by atoms with Crippen LogP contribution in [0.25, 0.3) is 0 Å². The van der Waals surface area contributed by atoms with Gasteiger partial charge in [0.1, 0.15) is 18.0 Å². The van der Waals surface area contributed by atoms with E-state index in [1.54, 1.807) is 31.4 Å². The molecule has 1 unspecified atom stereocenters. The van der Waals surface area contributed by atoms with Gasteiger partial charge in [0.2, 0.25) is 0 Å². The van der Waals surface area contributed by atoms with Crippen molar-refractivity contribution in [3.05, 3.63) is 72.6 Å². The summed E-state index contributed by atoms with van der Waals surface area (Å²) in [6.45, 7) is 13.6. The zero-order chi connectivity index (χ0) is 24.5. The molecule has 0 aromatic rings. The lowest BCUT2D eigenvalue weighted by Crippen LogP contribution is -2.58. The Kier molecular flexibility index (Phi) is 9.89.